The molecule has 8 N–H and O–H groups in total. The molecule has 0 aliphatic carbocycles. The van der Waals surface area contributed by atoms with Crippen LogP contribution >= 0.6 is 0 Å². The van der Waals surface area contributed by atoms with Crippen LogP contribution in [0.4, 0.5) is 0 Å². The molecule has 2 heterocycles. The second kappa shape index (κ2) is 35.5. The van der Waals surface area contributed by atoms with Crippen LogP contribution in [0.5, 0.6) is 0 Å². The largest absolute Gasteiger partial charge is 0.391 e. The first-order chi connectivity index (χ1) is 44.3. The first-order valence-corrected chi connectivity index (χ1v) is 32.6. The molecule has 514 valence electrons. The third-order valence-electron chi connectivity index (χ3n) is 17.4. The molecular formula is C69H100N12O13. The Hall–Kier alpha value is -8.74. The highest BCUT2D eigenvalue weighted by Gasteiger charge is 2.44. The maximum atomic E-state index is 15.5. The molecule has 94 heavy (non-hydrogen) atoms. The van der Waals surface area contributed by atoms with Crippen molar-refractivity contribution in [1.29, 1.82) is 0 Å². The number of aliphatic hydroxyl groups excluding tert-OH is 1. The fourth-order valence-corrected chi connectivity index (χ4v) is 11.4. The summed E-state index contributed by atoms with van der Waals surface area (Å²) in [6.45, 7) is 17.2. The summed E-state index contributed by atoms with van der Waals surface area (Å²) in [6.07, 6.45) is 0.649. The number of nitrogens with one attached hydrogen (secondary N) is 7. The molecule has 0 aromatic heterocycles. The molecule has 12 atom stereocenters. The van der Waals surface area contributed by atoms with Crippen molar-refractivity contribution in [3.63, 3.8) is 0 Å². The summed E-state index contributed by atoms with van der Waals surface area (Å²) in [5.41, 5.74) is 1.66. The predicted octanol–water partition coefficient (Wildman–Crippen LogP) is 1.63. The monoisotopic (exact) mass is 1300 g/mol. The van der Waals surface area contributed by atoms with Gasteiger partial charge in [-0.3, -0.25) is 57.5 Å². The quantitative estimate of drug-likeness (QED) is 0.0793. The number of hydrogen-bond acceptors (Lipinski definition) is 13. The molecule has 25 nitrogen and oxygen atoms in total. The average molecular weight is 1310 g/mol. The topological polar surface area (TPSA) is 325 Å². The van der Waals surface area contributed by atoms with Gasteiger partial charge in [-0.1, -0.05) is 133 Å². The number of amides is 12. The number of rotatable bonds is 19. The molecule has 2 fully saturated rings. The van der Waals surface area contributed by atoms with Gasteiger partial charge in [-0.05, 0) is 94.2 Å². The number of benzene rings is 3. The van der Waals surface area contributed by atoms with E-state index in [-0.39, 0.29) is 49.8 Å². The van der Waals surface area contributed by atoms with Crippen LogP contribution in [-0.4, -0.2) is 214 Å². The number of nitrogens with zero attached hydrogens (tertiary/aromatic N) is 5. The minimum Gasteiger partial charge on any atom is -0.391 e. The summed E-state index contributed by atoms with van der Waals surface area (Å²) >= 11 is 0. The van der Waals surface area contributed by atoms with Crippen molar-refractivity contribution >= 4 is 70.9 Å². The number of hydrogen-bond donors (Lipinski definition) is 8. The van der Waals surface area contributed by atoms with Gasteiger partial charge in [0.15, 0.2) is 6.04 Å². The first-order valence-electron chi connectivity index (χ1n) is 32.6. The van der Waals surface area contributed by atoms with Crippen molar-refractivity contribution in [3.8, 4) is 0 Å². The number of likely N-dealkylation sites (tertiary alicyclic amines) is 1. The minimum atomic E-state index is -2.31. The highest BCUT2D eigenvalue weighted by molar-refractivity contribution is 6.10. The summed E-state index contributed by atoms with van der Waals surface area (Å²) in [5, 5.41) is 29.6. The molecule has 2 aliphatic heterocycles. The second-order valence-electron chi connectivity index (χ2n) is 26.2. The lowest BCUT2D eigenvalue weighted by molar-refractivity contribution is -0.153. The van der Waals surface area contributed by atoms with Gasteiger partial charge in [0, 0.05) is 60.5 Å². The van der Waals surface area contributed by atoms with E-state index in [1.807, 2.05) is 27.7 Å². The van der Waals surface area contributed by atoms with Crippen LogP contribution in [-0.2, 0) is 76.8 Å². The summed E-state index contributed by atoms with van der Waals surface area (Å²) in [7, 11) is 5.39. The Morgan fingerprint density at radius 3 is 1.61 bits per heavy atom. The molecule has 12 amide bonds. The zero-order chi connectivity index (χ0) is 69.8. The standard InChI is InChI=1S/C69H100N12O13/c1-40(2)35-50(60(85)71-44(8)65(90)81-33-25-18-26-34-81)72-62(87)52(38-48-29-21-16-22-30-48)78(12)69(94)57-64(89)70-43(7)58(83)74-55(42(5)6)68(93)80(14)54(39-49-31-23-17-24-32-49)67(92)79(13)53(36-41(3)4)66(91)77(11)45(9)59(84)75-56(46(10)82)63(88)73-51(61(86)76-57)37-47-27-19-15-20-28-47/h15-17,19-24,27-32,40-46,50-57,82H,18,25-26,33-39H2,1-14H3,(H,70,89)(H,71,85)(H,72,87)(H,73,88)(H,74,83)(H,75,84)(H,76,86)/t43-,44+,45+,46-,50+,51+,52+,53+,54+,55+,56+,57+/m1/s1. The summed E-state index contributed by atoms with van der Waals surface area (Å²) in [6, 6.07) is 9.40. The zero-order valence-electron chi connectivity index (χ0n) is 57.0. The van der Waals surface area contributed by atoms with Gasteiger partial charge < -0.3 is 66.8 Å². The maximum absolute atomic E-state index is 15.5. The lowest BCUT2D eigenvalue weighted by atomic mass is 9.97. The average Bonchev–Trinajstić information content (AvgIpc) is 0.827. The lowest BCUT2D eigenvalue weighted by Gasteiger charge is -2.38. The normalized spacial score (nSPS) is 23.4. The van der Waals surface area contributed by atoms with Crippen molar-refractivity contribution in [3.05, 3.63) is 108 Å². The number of aliphatic hydroxyl groups is 1. The van der Waals surface area contributed by atoms with Crippen LogP contribution in [0.25, 0.3) is 0 Å². The smallest absolute Gasteiger partial charge is 0.255 e. The Bertz CT molecular complexity index is 3110. The molecule has 3 aromatic rings. The molecule has 0 spiro atoms. The van der Waals surface area contributed by atoms with Crippen LogP contribution in [0, 0.1) is 17.8 Å². The molecule has 0 unspecified atom stereocenters. The van der Waals surface area contributed by atoms with Crippen LogP contribution in [0.15, 0.2) is 91.0 Å². The van der Waals surface area contributed by atoms with Crippen molar-refractivity contribution in [2.24, 2.45) is 17.8 Å². The van der Waals surface area contributed by atoms with E-state index in [0.717, 1.165) is 29.1 Å². The minimum absolute atomic E-state index is 0.0403. The molecule has 3 aromatic carbocycles. The number of piperidine rings is 1. The molecule has 5 rings (SSSR count). The van der Waals surface area contributed by atoms with Gasteiger partial charge >= 0.3 is 0 Å². The predicted molar refractivity (Wildman–Crippen MR) is 353 cm³/mol. The third-order valence-corrected chi connectivity index (χ3v) is 17.4. The molecule has 0 bridgehead atoms. The van der Waals surface area contributed by atoms with Crippen molar-refractivity contribution in [2.45, 2.75) is 193 Å². The Labute approximate surface area is 553 Å². The van der Waals surface area contributed by atoms with Gasteiger partial charge in [-0.2, -0.15) is 0 Å². The fraction of sp³-hybridized carbons (Fsp3) is 0.565. The Balaban J connectivity index is 1.64. The number of carbonyl (C=O) groups excluding carboxylic acids is 12. The van der Waals surface area contributed by atoms with E-state index in [2.05, 4.69) is 37.2 Å². The van der Waals surface area contributed by atoms with Crippen molar-refractivity contribution in [1.82, 2.24) is 61.7 Å². The van der Waals surface area contributed by atoms with Crippen LogP contribution < -0.4 is 37.2 Å². The number of likely N-dealkylation sites (N-methyl/N-ethyl adjacent to an activating group) is 4. The van der Waals surface area contributed by atoms with Crippen molar-refractivity contribution < 1.29 is 62.6 Å². The van der Waals surface area contributed by atoms with Gasteiger partial charge in [-0.25, -0.2) is 0 Å². The molecule has 0 saturated carbocycles. The summed E-state index contributed by atoms with van der Waals surface area (Å²) in [5.74, 6) is -11.4. The van der Waals surface area contributed by atoms with E-state index in [9.17, 15) is 38.7 Å². The molecule has 25 heteroatoms. The van der Waals surface area contributed by atoms with E-state index in [1.165, 1.54) is 58.8 Å². The van der Waals surface area contributed by atoms with E-state index in [1.54, 1.807) is 117 Å². The second-order valence-corrected chi connectivity index (χ2v) is 26.2. The fourth-order valence-electron chi connectivity index (χ4n) is 11.4. The van der Waals surface area contributed by atoms with E-state index >= 15 is 24.0 Å². The van der Waals surface area contributed by atoms with Crippen LogP contribution in [0.3, 0.4) is 0 Å². The van der Waals surface area contributed by atoms with Gasteiger partial charge in [0.25, 0.3) is 11.8 Å². The van der Waals surface area contributed by atoms with E-state index in [4.69, 9.17) is 0 Å². The third kappa shape index (κ3) is 21.1. The van der Waals surface area contributed by atoms with Crippen LogP contribution in [0.1, 0.15) is 118 Å². The number of carbonyl (C=O) groups is 12. The Morgan fingerprint density at radius 1 is 0.553 bits per heavy atom. The van der Waals surface area contributed by atoms with Crippen LogP contribution in [0.2, 0.25) is 0 Å². The summed E-state index contributed by atoms with van der Waals surface area (Å²) in [4.78, 5) is 183. The molecule has 2 saturated heterocycles. The molecule has 2 aliphatic rings. The highest BCUT2D eigenvalue weighted by atomic mass is 16.3. The molecule has 0 radical (unpaired) electrons. The van der Waals surface area contributed by atoms with E-state index in [0.29, 0.717) is 29.8 Å². The van der Waals surface area contributed by atoms with Gasteiger partial charge in [0.1, 0.15) is 60.4 Å². The molecular weight excluding hydrogens is 1200 g/mol. The van der Waals surface area contributed by atoms with Crippen molar-refractivity contribution in [2.75, 3.05) is 41.3 Å². The zero-order valence-corrected chi connectivity index (χ0v) is 57.0. The van der Waals surface area contributed by atoms with Gasteiger partial charge in [-0.15, -0.1) is 0 Å². The van der Waals surface area contributed by atoms with E-state index < -0.39 is 143 Å². The maximum Gasteiger partial charge on any atom is 0.255 e. The Kier molecular flexibility index (Phi) is 28.7. The highest BCUT2D eigenvalue weighted by Crippen LogP contribution is 2.22. The first kappa shape index (κ1) is 76.0. The summed E-state index contributed by atoms with van der Waals surface area (Å²) < 4.78 is 0. The SMILES string of the molecule is CC(C)C[C@H](NC(=O)[C@H](Cc1ccccc1)N(C)C(=O)[C@H]1NC(=O)[C@H](Cc2ccccc2)NC(=O)[C@H]([C@@H](C)O)NC(=O)[C@H](C)N(C)C(=O)[C@H](CC(C)C)N(C)C(=O)[C@H](Cc2ccccc2)N(C)C(=O)[C@H](C(C)C)NC(=O)[C@@H](C)NC1=O)C(=O)N[C@@H](C)C(=O)N1CCCCC1. The van der Waals surface area contributed by atoms with Gasteiger partial charge in [0.05, 0.1) is 6.10 Å². The lowest BCUT2D eigenvalue weighted by Crippen LogP contribution is -2.65. The Morgan fingerprint density at radius 2 is 1.07 bits per heavy atom. The van der Waals surface area contributed by atoms with Gasteiger partial charge in [0.2, 0.25) is 59.1 Å².